The Kier molecular flexibility index (Phi) is 7.85. The fourth-order valence-electron chi connectivity index (χ4n) is 6.37. The topological polar surface area (TPSA) is 60.8 Å². The molecule has 0 saturated carbocycles. The van der Waals surface area contributed by atoms with Crippen molar-refractivity contribution in [3.63, 3.8) is 0 Å². The smallest absolute Gasteiger partial charge is 0.328 e. The molecule has 0 N–H and O–H groups in total. The van der Waals surface area contributed by atoms with Crippen LogP contribution in [0.1, 0.15) is 45.7 Å². The van der Waals surface area contributed by atoms with Crippen LogP contribution in [0, 0.1) is 12.3 Å². The lowest BCUT2D eigenvalue weighted by Crippen LogP contribution is -2.36. The van der Waals surface area contributed by atoms with Gasteiger partial charge in [-0.15, -0.1) is 0 Å². The molecule has 47 heavy (non-hydrogen) atoms. The van der Waals surface area contributed by atoms with Gasteiger partial charge in [0.2, 0.25) is 0 Å². The number of allylic oxidation sites excluding steroid dienone is 1. The quantitative estimate of drug-likeness (QED) is 0.175. The number of rotatable bonds is 6. The first kappa shape index (κ1) is 30.7. The second kappa shape index (κ2) is 12.0. The van der Waals surface area contributed by atoms with Crippen molar-refractivity contribution in [2.75, 3.05) is 0 Å². The zero-order valence-corrected chi connectivity index (χ0v) is 28.0. The first-order valence-corrected chi connectivity index (χ1v) is 16.4. The SMILES string of the molecule is C/C=C\c1ccc2ccc(-c3cc(B4CC(C)(C)C(C)(C)O4)cc(-c4nc(-c5ccccc5)nc(-c5ccccc5)n4)c3)nc2c1C. The summed E-state index contributed by atoms with van der Waals surface area (Å²) in [5, 5.41) is 1.12. The molecule has 0 unspecified atom stereocenters. The van der Waals surface area contributed by atoms with E-state index in [1.807, 2.05) is 67.6 Å². The van der Waals surface area contributed by atoms with E-state index in [9.17, 15) is 0 Å². The fraction of sp³-hybridized carbons (Fsp3) is 0.220. The van der Waals surface area contributed by atoms with Crippen LogP contribution in [0.2, 0.25) is 6.32 Å². The summed E-state index contributed by atoms with van der Waals surface area (Å²) in [5.74, 6) is 1.89. The third kappa shape index (κ3) is 5.90. The van der Waals surface area contributed by atoms with Gasteiger partial charge in [-0.2, -0.15) is 0 Å². The second-order valence-electron chi connectivity index (χ2n) is 13.6. The molecule has 6 heteroatoms. The normalized spacial score (nSPS) is 15.5. The van der Waals surface area contributed by atoms with E-state index in [2.05, 4.69) is 89.2 Å². The molecule has 1 saturated heterocycles. The summed E-state index contributed by atoms with van der Waals surface area (Å²) in [4.78, 5) is 20.3. The van der Waals surface area contributed by atoms with Crippen LogP contribution < -0.4 is 5.46 Å². The molecule has 0 bridgehead atoms. The average Bonchev–Trinajstić information content (AvgIpc) is 3.32. The van der Waals surface area contributed by atoms with E-state index in [1.54, 1.807) is 0 Å². The van der Waals surface area contributed by atoms with Gasteiger partial charge >= 0.3 is 6.92 Å². The van der Waals surface area contributed by atoms with Crippen molar-refractivity contribution in [2.24, 2.45) is 5.41 Å². The zero-order chi connectivity index (χ0) is 32.8. The molecular formula is C41H39BN4O. The maximum Gasteiger partial charge on any atom is 0.328 e. The van der Waals surface area contributed by atoms with Crippen molar-refractivity contribution >= 4 is 29.4 Å². The van der Waals surface area contributed by atoms with Crippen LogP contribution in [0.5, 0.6) is 0 Å². The molecule has 2 aromatic heterocycles. The van der Waals surface area contributed by atoms with E-state index >= 15 is 0 Å². The van der Waals surface area contributed by atoms with E-state index in [-0.39, 0.29) is 17.9 Å². The van der Waals surface area contributed by atoms with E-state index in [0.29, 0.717) is 17.5 Å². The van der Waals surface area contributed by atoms with Gasteiger partial charge in [-0.25, -0.2) is 19.9 Å². The average molecular weight is 615 g/mol. The van der Waals surface area contributed by atoms with E-state index < -0.39 is 0 Å². The number of nitrogens with zero attached hydrogens (tertiary/aromatic N) is 4. The third-order valence-electron chi connectivity index (χ3n) is 9.85. The minimum absolute atomic E-state index is 0.00344. The third-order valence-corrected chi connectivity index (χ3v) is 9.85. The minimum Gasteiger partial charge on any atom is -0.426 e. The molecule has 0 spiro atoms. The van der Waals surface area contributed by atoms with E-state index in [1.165, 1.54) is 11.1 Å². The number of hydrogen-bond acceptors (Lipinski definition) is 5. The number of benzene rings is 4. The Balaban J connectivity index is 1.44. The summed E-state index contributed by atoms with van der Waals surface area (Å²) in [6, 6.07) is 35.4. The molecule has 3 heterocycles. The first-order valence-electron chi connectivity index (χ1n) is 16.4. The van der Waals surface area contributed by atoms with Crippen molar-refractivity contribution in [3.8, 4) is 45.4 Å². The van der Waals surface area contributed by atoms with Crippen LogP contribution in [-0.2, 0) is 4.65 Å². The second-order valence-corrected chi connectivity index (χ2v) is 13.6. The number of hydrogen-bond donors (Lipinski definition) is 0. The van der Waals surface area contributed by atoms with Gasteiger partial charge in [-0.3, -0.25) is 0 Å². The van der Waals surface area contributed by atoms with Crippen LogP contribution in [-0.4, -0.2) is 32.5 Å². The van der Waals surface area contributed by atoms with Gasteiger partial charge in [-0.05, 0) is 68.2 Å². The van der Waals surface area contributed by atoms with Crippen molar-refractivity contribution in [3.05, 3.63) is 120 Å². The van der Waals surface area contributed by atoms with Gasteiger partial charge in [0, 0.05) is 27.6 Å². The molecule has 0 radical (unpaired) electrons. The Bertz CT molecular complexity index is 2050. The van der Waals surface area contributed by atoms with Gasteiger partial charge in [0.05, 0.1) is 16.8 Å². The predicted octanol–water partition coefficient (Wildman–Crippen LogP) is 9.46. The number of aryl methyl sites for hydroxylation is 1. The van der Waals surface area contributed by atoms with Crippen LogP contribution >= 0.6 is 0 Å². The summed E-state index contributed by atoms with van der Waals surface area (Å²) in [6.07, 6.45) is 5.11. The molecule has 1 aliphatic rings. The molecule has 1 fully saturated rings. The van der Waals surface area contributed by atoms with Gasteiger partial charge < -0.3 is 4.65 Å². The van der Waals surface area contributed by atoms with Crippen molar-refractivity contribution in [1.82, 2.24) is 19.9 Å². The lowest BCUT2D eigenvalue weighted by Gasteiger charge is -2.34. The molecule has 7 rings (SSSR count). The Hall–Kier alpha value is -4.94. The maximum atomic E-state index is 6.77. The Morgan fingerprint density at radius 2 is 1.23 bits per heavy atom. The summed E-state index contributed by atoms with van der Waals surface area (Å²) >= 11 is 0. The highest BCUT2D eigenvalue weighted by Crippen LogP contribution is 2.45. The molecule has 0 aliphatic carbocycles. The largest absolute Gasteiger partial charge is 0.426 e. The zero-order valence-electron chi connectivity index (χ0n) is 28.0. The summed E-state index contributed by atoms with van der Waals surface area (Å²) in [6.45, 7) is 13.1. The molecule has 0 amide bonds. The van der Waals surface area contributed by atoms with Gasteiger partial charge in [0.15, 0.2) is 17.5 Å². The van der Waals surface area contributed by atoms with Gasteiger partial charge in [0.1, 0.15) is 0 Å². The van der Waals surface area contributed by atoms with Crippen LogP contribution in [0.15, 0.2) is 109 Å². The van der Waals surface area contributed by atoms with Crippen molar-refractivity contribution < 1.29 is 4.65 Å². The highest BCUT2D eigenvalue weighted by atomic mass is 16.5. The standard InChI is InChI=1S/C41H39BN4O/c1-7-14-28-19-20-29-21-22-35(43-36(29)27(28)2)32-23-33(25-34(24-32)42-26-40(3,4)41(5,6)47-42)39-45-37(30-15-10-8-11-16-30)44-38(46-39)31-17-12-9-13-18-31/h7-25H,26H2,1-6H3/b14-7-. The molecular weight excluding hydrogens is 575 g/mol. The van der Waals surface area contributed by atoms with Gasteiger partial charge in [0.25, 0.3) is 0 Å². The Morgan fingerprint density at radius 1 is 0.660 bits per heavy atom. The summed E-state index contributed by atoms with van der Waals surface area (Å²) < 4.78 is 6.77. The number of pyridine rings is 1. The maximum absolute atomic E-state index is 6.77. The Labute approximate surface area is 278 Å². The van der Waals surface area contributed by atoms with Crippen LogP contribution in [0.25, 0.3) is 62.4 Å². The highest BCUT2D eigenvalue weighted by Gasteiger charge is 2.50. The molecule has 1 aliphatic heterocycles. The van der Waals surface area contributed by atoms with Crippen LogP contribution in [0.4, 0.5) is 0 Å². The monoisotopic (exact) mass is 614 g/mol. The van der Waals surface area contributed by atoms with E-state index in [0.717, 1.165) is 50.6 Å². The molecule has 5 nitrogen and oxygen atoms in total. The predicted molar refractivity (Wildman–Crippen MR) is 195 cm³/mol. The van der Waals surface area contributed by atoms with Crippen molar-refractivity contribution in [1.29, 1.82) is 0 Å². The van der Waals surface area contributed by atoms with E-state index in [4.69, 9.17) is 24.6 Å². The Morgan fingerprint density at radius 3 is 1.81 bits per heavy atom. The summed E-state index contributed by atoms with van der Waals surface area (Å²) in [7, 11) is 0. The lowest BCUT2D eigenvalue weighted by atomic mass is 9.54. The number of fused-ring (bicyclic) bond motifs is 1. The molecule has 4 aromatic carbocycles. The fourth-order valence-corrected chi connectivity index (χ4v) is 6.37. The molecule has 232 valence electrons. The summed E-state index contributed by atoms with van der Waals surface area (Å²) in [5.41, 5.74) is 8.86. The molecule has 0 atom stereocenters. The highest BCUT2D eigenvalue weighted by molar-refractivity contribution is 6.68. The minimum atomic E-state index is -0.274. The lowest BCUT2D eigenvalue weighted by molar-refractivity contribution is 0.0375. The van der Waals surface area contributed by atoms with Crippen LogP contribution in [0.3, 0.4) is 0 Å². The first-order chi connectivity index (χ1) is 22.6. The number of aromatic nitrogens is 4. The van der Waals surface area contributed by atoms with Gasteiger partial charge in [-0.1, -0.05) is 117 Å². The molecule has 6 aromatic rings. The van der Waals surface area contributed by atoms with Crippen molar-refractivity contribution in [2.45, 2.75) is 53.5 Å².